The number of carbonyl (C=O) groups excluding carboxylic acids is 1. The Bertz CT molecular complexity index is 483. The van der Waals surface area contributed by atoms with Crippen LogP contribution < -0.4 is 0 Å². The van der Waals surface area contributed by atoms with Gasteiger partial charge < -0.3 is 0 Å². The van der Waals surface area contributed by atoms with Crippen LogP contribution in [-0.4, -0.2) is 25.3 Å². The second kappa shape index (κ2) is 4.89. The highest BCUT2D eigenvalue weighted by Crippen LogP contribution is 2.16. The van der Waals surface area contributed by atoms with E-state index in [0.29, 0.717) is 10.4 Å². The normalized spacial score (nSPS) is 10.3. The maximum atomic E-state index is 12.1. The zero-order chi connectivity index (χ0) is 11.4. The lowest BCUT2D eigenvalue weighted by atomic mass is 10.1. The molecule has 82 valence electrons. The predicted molar refractivity (Wildman–Crippen MR) is 59.4 cm³/mol. The fourth-order valence-electron chi connectivity index (χ4n) is 1.33. The Kier molecular flexibility index (Phi) is 3.31. The Hall–Kier alpha value is -1.69. The van der Waals surface area contributed by atoms with Gasteiger partial charge in [-0.3, -0.25) is 4.79 Å². The lowest BCUT2D eigenvalue weighted by Crippen LogP contribution is -2.03. The van der Waals surface area contributed by atoms with Crippen LogP contribution in [0.15, 0.2) is 18.7 Å². The summed E-state index contributed by atoms with van der Waals surface area (Å²) in [5, 5.41) is 3.96. The SMILES string of the molecule is CCCc1nnsc1C(=O)c1cncnc1. The highest BCUT2D eigenvalue weighted by atomic mass is 32.1. The van der Waals surface area contributed by atoms with Gasteiger partial charge in [-0.15, -0.1) is 5.10 Å². The first-order valence-corrected chi connectivity index (χ1v) is 5.71. The molecule has 0 N–H and O–H groups in total. The Morgan fingerprint density at radius 2 is 2.12 bits per heavy atom. The number of aryl methyl sites for hydroxylation is 1. The molecule has 2 heterocycles. The van der Waals surface area contributed by atoms with Gasteiger partial charge in [-0.2, -0.15) is 0 Å². The van der Waals surface area contributed by atoms with Crippen LogP contribution in [0.1, 0.15) is 34.3 Å². The van der Waals surface area contributed by atoms with Gasteiger partial charge in [-0.25, -0.2) is 9.97 Å². The highest BCUT2D eigenvalue weighted by molar-refractivity contribution is 7.08. The van der Waals surface area contributed by atoms with Crippen LogP contribution in [0.5, 0.6) is 0 Å². The van der Waals surface area contributed by atoms with E-state index in [0.717, 1.165) is 30.1 Å². The molecule has 5 nitrogen and oxygen atoms in total. The molecule has 0 unspecified atom stereocenters. The fraction of sp³-hybridized carbons (Fsp3) is 0.300. The molecule has 16 heavy (non-hydrogen) atoms. The molecule has 0 saturated carbocycles. The quantitative estimate of drug-likeness (QED) is 0.750. The van der Waals surface area contributed by atoms with Crippen LogP contribution in [0.3, 0.4) is 0 Å². The summed E-state index contributed by atoms with van der Waals surface area (Å²) < 4.78 is 3.82. The van der Waals surface area contributed by atoms with Crippen LogP contribution in [0, 0.1) is 0 Å². The molecule has 0 amide bonds. The third kappa shape index (κ3) is 2.11. The number of aromatic nitrogens is 4. The summed E-state index contributed by atoms with van der Waals surface area (Å²) in [6, 6.07) is 0. The van der Waals surface area contributed by atoms with Crippen molar-refractivity contribution in [1.29, 1.82) is 0 Å². The molecule has 0 aliphatic heterocycles. The fourth-order valence-corrected chi connectivity index (χ4v) is 2.00. The van der Waals surface area contributed by atoms with Gasteiger partial charge in [0.1, 0.15) is 11.2 Å². The van der Waals surface area contributed by atoms with E-state index in [4.69, 9.17) is 0 Å². The maximum absolute atomic E-state index is 12.1. The molecular weight excluding hydrogens is 224 g/mol. The molecule has 0 bridgehead atoms. The standard InChI is InChI=1S/C10H10N4OS/c1-2-3-8-10(16-14-13-8)9(15)7-4-11-6-12-5-7/h4-6H,2-3H2,1H3. The molecule has 0 aromatic carbocycles. The Morgan fingerprint density at radius 3 is 2.81 bits per heavy atom. The summed E-state index contributed by atoms with van der Waals surface area (Å²) >= 11 is 1.13. The number of hydrogen-bond donors (Lipinski definition) is 0. The van der Waals surface area contributed by atoms with Crippen molar-refractivity contribution in [3.05, 3.63) is 34.9 Å². The van der Waals surface area contributed by atoms with Crippen molar-refractivity contribution in [3.63, 3.8) is 0 Å². The molecule has 2 aromatic heterocycles. The molecule has 2 aromatic rings. The van der Waals surface area contributed by atoms with Gasteiger partial charge in [0, 0.05) is 12.4 Å². The molecule has 0 radical (unpaired) electrons. The molecule has 0 saturated heterocycles. The van der Waals surface area contributed by atoms with Crippen molar-refractivity contribution in [2.75, 3.05) is 0 Å². The molecule has 0 fully saturated rings. The van der Waals surface area contributed by atoms with Gasteiger partial charge in [0.2, 0.25) is 5.78 Å². The van der Waals surface area contributed by atoms with Crippen molar-refractivity contribution in [3.8, 4) is 0 Å². The second-order valence-corrected chi connectivity index (χ2v) is 4.01. The van der Waals surface area contributed by atoms with Gasteiger partial charge in [0.05, 0.1) is 11.3 Å². The van der Waals surface area contributed by atoms with E-state index >= 15 is 0 Å². The average Bonchev–Trinajstić information content (AvgIpc) is 2.78. The van der Waals surface area contributed by atoms with Crippen molar-refractivity contribution in [2.45, 2.75) is 19.8 Å². The summed E-state index contributed by atoms with van der Waals surface area (Å²) in [5.41, 5.74) is 1.24. The van der Waals surface area contributed by atoms with Gasteiger partial charge in [-0.1, -0.05) is 17.8 Å². The second-order valence-electron chi connectivity index (χ2n) is 3.26. The molecule has 0 aliphatic rings. The zero-order valence-corrected chi connectivity index (χ0v) is 9.57. The van der Waals surface area contributed by atoms with Gasteiger partial charge in [-0.05, 0) is 18.0 Å². The van der Waals surface area contributed by atoms with Crippen molar-refractivity contribution >= 4 is 17.3 Å². The van der Waals surface area contributed by atoms with Crippen molar-refractivity contribution < 1.29 is 4.79 Å². The zero-order valence-electron chi connectivity index (χ0n) is 8.75. The van der Waals surface area contributed by atoms with Crippen molar-refractivity contribution in [2.24, 2.45) is 0 Å². The van der Waals surface area contributed by atoms with Crippen LogP contribution in [0.25, 0.3) is 0 Å². The smallest absolute Gasteiger partial charge is 0.209 e. The summed E-state index contributed by atoms with van der Waals surface area (Å²) in [4.78, 5) is 20.3. The number of ketones is 1. The van der Waals surface area contributed by atoms with E-state index < -0.39 is 0 Å². The van der Waals surface area contributed by atoms with Crippen LogP contribution >= 0.6 is 11.5 Å². The minimum absolute atomic E-state index is 0.0981. The van der Waals surface area contributed by atoms with Crippen LogP contribution in [0.2, 0.25) is 0 Å². The molecule has 6 heteroatoms. The number of nitrogens with zero attached hydrogens (tertiary/aromatic N) is 4. The minimum Gasteiger partial charge on any atom is -0.287 e. The molecule has 0 aliphatic carbocycles. The van der Waals surface area contributed by atoms with E-state index in [9.17, 15) is 4.79 Å². The Balaban J connectivity index is 2.31. The van der Waals surface area contributed by atoms with Gasteiger partial charge in [0.25, 0.3) is 0 Å². The molecule has 0 spiro atoms. The van der Waals surface area contributed by atoms with Crippen molar-refractivity contribution in [1.82, 2.24) is 19.6 Å². The number of carbonyl (C=O) groups is 1. The van der Waals surface area contributed by atoms with E-state index in [2.05, 4.69) is 19.6 Å². The monoisotopic (exact) mass is 234 g/mol. The summed E-state index contributed by atoms with van der Waals surface area (Å²) in [6.07, 6.45) is 6.12. The first-order valence-electron chi connectivity index (χ1n) is 4.94. The first kappa shape index (κ1) is 10.8. The number of hydrogen-bond acceptors (Lipinski definition) is 6. The summed E-state index contributed by atoms with van der Waals surface area (Å²) in [7, 11) is 0. The van der Waals surface area contributed by atoms with E-state index in [1.165, 1.54) is 18.7 Å². The largest absolute Gasteiger partial charge is 0.287 e. The van der Waals surface area contributed by atoms with Gasteiger partial charge in [0.15, 0.2) is 0 Å². The van der Waals surface area contributed by atoms with E-state index in [-0.39, 0.29) is 5.78 Å². The minimum atomic E-state index is -0.0981. The lowest BCUT2D eigenvalue weighted by Gasteiger charge is -1.98. The Morgan fingerprint density at radius 1 is 1.38 bits per heavy atom. The lowest BCUT2D eigenvalue weighted by molar-refractivity contribution is 0.104. The maximum Gasteiger partial charge on any atom is 0.209 e. The van der Waals surface area contributed by atoms with Crippen LogP contribution in [-0.2, 0) is 6.42 Å². The summed E-state index contributed by atoms with van der Waals surface area (Å²) in [6.45, 7) is 2.04. The van der Waals surface area contributed by atoms with Gasteiger partial charge >= 0.3 is 0 Å². The Labute approximate surface area is 96.7 Å². The molecular formula is C10H10N4OS. The third-order valence-electron chi connectivity index (χ3n) is 2.07. The highest BCUT2D eigenvalue weighted by Gasteiger charge is 2.17. The molecule has 2 rings (SSSR count). The third-order valence-corrected chi connectivity index (χ3v) is 2.84. The van der Waals surface area contributed by atoms with E-state index in [1.54, 1.807) is 0 Å². The average molecular weight is 234 g/mol. The van der Waals surface area contributed by atoms with E-state index in [1.807, 2.05) is 6.92 Å². The predicted octanol–water partition coefficient (Wildman–Crippen LogP) is 1.51. The first-order chi connectivity index (χ1) is 7.83. The topological polar surface area (TPSA) is 68.6 Å². The summed E-state index contributed by atoms with van der Waals surface area (Å²) in [5.74, 6) is -0.0981. The molecule has 0 atom stereocenters. The number of rotatable bonds is 4. The van der Waals surface area contributed by atoms with Crippen LogP contribution in [0.4, 0.5) is 0 Å².